The Labute approximate surface area is 254 Å². The molecule has 5 aromatic rings. The smallest absolute Gasteiger partial charge is 0.130 e. The highest BCUT2D eigenvalue weighted by Gasteiger charge is 2.35. The predicted molar refractivity (Wildman–Crippen MR) is 177 cm³/mol. The minimum absolute atomic E-state index is 0.218. The molecule has 7 rings (SSSR count). The Morgan fingerprint density at radius 3 is 2.44 bits per heavy atom. The highest BCUT2D eigenvalue weighted by atomic mass is 15.2. The van der Waals surface area contributed by atoms with Crippen LogP contribution in [-0.2, 0) is 0 Å². The van der Waals surface area contributed by atoms with Crippen molar-refractivity contribution < 1.29 is 0 Å². The Hall–Kier alpha value is -4.32. The molecule has 1 unspecified atom stereocenters. The Kier molecular flexibility index (Phi) is 7.52. The highest BCUT2D eigenvalue weighted by molar-refractivity contribution is 5.91. The minimum atomic E-state index is 0.218. The van der Waals surface area contributed by atoms with Gasteiger partial charge in [-0.15, -0.1) is 0 Å². The first-order valence-corrected chi connectivity index (χ1v) is 16.0. The van der Waals surface area contributed by atoms with Crippen molar-refractivity contribution in [3.05, 3.63) is 97.5 Å². The van der Waals surface area contributed by atoms with E-state index >= 15 is 0 Å². The summed E-state index contributed by atoms with van der Waals surface area (Å²) in [5.74, 6) is 1.66. The number of benzene rings is 3. The summed E-state index contributed by atoms with van der Waals surface area (Å²) in [4.78, 5) is 18.7. The third-order valence-electron chi connectivity index (χ3n) is 9.69. The molecule has 0 radical (unpaired) electrons. The maximum absolute atomic E-state index is 5.11. The number of nitrogens with zero attached hydrogens (tertiary/aromatic N) is 3. The van der Waals surface area contributed by atoms with Gasteiger partial charge >= 0.3 is 0 Å². The molecule has 3 aromatic carbocycles. The van der Waals surface area contributed by atoms with E-state index in [4.69, 9.17) is 11.6 Å². The van der Waals surface area contributed by atoms with Crippen molar-refractivity contribution in [2.24, 2.45) is 5.92 Å². The summed E-state index contributed by atoms with van der Waals surface area (Å²) in [7, 11) is 0. The molecule has 1 aliphatic carbocycles. The van der Waals surface area contributed by atoms with Crippen LogP contribution < -0.4 is 5.32 Å². The molecule has 0 amide bonds. The topological polar surface area (TPSA) is 72.6 Å². The lowest BCUT2D eigenvalue weighted by Crippen LogP contribution is -2.43. The molecule has 1 aliphatic heterocycles. The molecule has 2 aromatic heterocycles. The summed E-state index contributed by atoms with van der Waals surface area (Å²) in [5, 5.41) is 6.22. The first-order chi connectivity index (χ1) is 21.1. The van der Waals surface area contributed by atoms with E-state index in [0.717, 1.165) is 59.6 Å². The van der Waals surface area contributed by atoms with Gasteiger partial charge in [0.15, 0.2) is 0 Å². The van der Waals surface area contributed by atoms with Crippen molar-refractivity contribution in [1.82, 2.24) is 30.2 Å². The van der Waals surface area contributed by atoms with Crippen LogP contribution in [0.1, 0.15) is 70.2 Å². The molecule has 6 nitrogen and oxygen atoms in total. The van der Waals surface area contributed by atoms with Crippen molar-refractivity contribution in [3.8, 4) is 22.4 Å². The Balaban J connectivity index is 1.14. The second-order valence-electron chi connectivity index (χ2n) is 12.4. The fourth-order valence-electron chi connectivity index (χ4n) is 7.21. The van der Waals surface area contributed by atoms with Crippen LogP contribution in [0.2, 0.25) is 0 Å². The molecular weight excluding hydrogens is 528 g/mol. The van der Waals surface area contributed by atoms with Gasteiger partial charge in [0, 0.05) is 23.5 Å². The highest BCUT2D eigenvalue weighted by Crippen LogP contribution is 2.39. The largest absolute Gasteiger partial charge is 0.380 e. The third kappa shape index (κ3) is 5.47. The molecule has 2 aliphatic rings. The number of hydrogen-bond donors (Lipinski definition) is 3. The van der Waals surface area contributed by atoms with Gasteiger partial charge in [0.25, 0.3) is 0 Å². The first-order valence-electron chi connectivity index (χ1n) is 16.0. The second-order valence-corrected chi connectivity index (χ2v) is 12.4. The van der Waals surface area contributed by atoms with Gasteiger partial charge in [0.05, 0.1) is 41.3 Å². The van der Waals surface area contributed by atoms with Crippen LogP contribution in [0.15, 0.2) is 91.7 Å². The summed E-state index contributed by atoms with van der Waals surface area (Å²) < 4.78 is 0. The van der Waals surface area contributed by atoms with Crippen molar-refractivity contribution in [2.45, 2.75) is 70.4 Å². The van der Waals surface area contributed by atoms with Crippen LogP contribution in [0.25, 0.3) is 44.2 Å². The van der Waals surface area contributed by atoms with E-state index in [9.17, 15) is 0 Å². The molecular formula is C37H42N6. The number of nitrogens with one attached hydrogen (secondary N) is 3. The van der Waals surface area contributed by atoms with Crippen LogP contribution in [-0.4, -0.2) is 37.4 Å². The zero-order chi connectivity index (χ0) is 29.3. The standard InChI is InChI=1S/C37H42N6/c1-4-24(2)40-36(26-9-6-5-7-10-26)25(3)43-18-8-11-35(43)37-41-32-17-16-30(21-33(32)42-37)28-12-13-29-20-31(15-14-27(29)19-28)34-22-38-23-39-34/h12-17,19-23,26,35-36,40H,2-11,18H2,1H3,(H,38,39)(H,41,42)/t35-,36?/m0/s1. The predicted octanol–water partition coefficient (Wildman–Crippen LogP) is 8.89. The normalized spacial score (nSPS) is 18.3. The molecule has 220 valence electrons. The van der Waals surface area contributed by atoms with Gasteiger partial charge in [-0.05, 0) is 84.2 Å². The maximum atomic E-state index is 5.11. The van der Waals surface area contributed by atoms with E-state index in [2.05, 4.69) is 93.3 Å². The van der Waals surface area contributed by atoms with E-state index in [-0.39, 0.29) is 12.1 Å². The van der Waals surface area contributed by atoms with Gasteiger partial charge in [-0.2, -0.15) is 0 Å². The summed E-state index contributed by atoms with van der Waals surface area (Å²) >= 11 is 0. The Bertz CT molecular complexity index is 1760. The number of H-pyrrole nitrogens is 2. The molecule has 0 bridgehead atoms. The van der Waals surface area contributed by atoms with Gasteiger partial charge in [0.1, 0.15) is 5.82 Å². The van der Waals surface area contributed by atoms with Gasteiger partial charge in [-0.25, -0.2) is 9.97 Å². The summed E-state index contributed by atoms with van der Waals surface area (Å²) in [6.07, 6.45) is 13.3. The number of aromatic amines is 2. The van der Waals surface area contributed by atoms with Crippen LogP contribution >= 0.6 is 0 Å². The van der Waals surface area contributed by atoms with Crippen molar-refractivity contribution in [2.75, 3.05) is 6.54 Å². The Morgan fingerprint density at radius 1 is 0.930 bits per heavy atom. The fraction of sp³-hybridized carbons (Fsp3) is 0.351. The molecule has 1 saturated heterocycles. The molecule has 3 heterocycles. The number of hydrogen-bond acceptors (Lipinski definition) is 4. The summed E-state index contributed by atoms with van der Waals surface area (Å²) in [6, 6.07) is 20.3. The summed E-state index contributed by atoms with van der Waals surface area (Å²) in [5.41, 5.74) is 8.98. The lowest BCUT2D eigenvalue weighted by Gasteiger charge is -2.39. The SMILES string of the molecule is C=C(CC)NC(C(=C)N1CCC[C@H]1c1nc2ccc(-c3ccc4cc(-c5cnc[nH]5)ccc4c3)cc2[nH]1)C1CCCCC1. The number of imidazole rings is 2. The maximum Gasteiger partial charge on any atom is 0.130 e. The van der Waals surface area contributed by atoms with E-state index in [1.54, 1.807) is 6.33 Å². The minimum Gasteiger partial charge on any atom is -0.380 e. The molecule has 6 heteroatoms. The molecule has 3 N–H and O–H groups in total. The lowest BCUT2D eigenvalue weighted by molar-refractivity contribution is 0.231. The average Bonchev–Trinajstić information content (AvgIpc) is 3.84. The van der Waals surface area contributed by atoms with Crippen LogP contribution in [0.4, 0.5) is 0 Å². The van der Waals surface area contributed by atoms with E-state index in [0.29, 0.717) is 5.92 Å². The van der Waals surface area contributed by atoms with Crippen molar-refractivity contribution in [3.63, 3.8) is 0 Å². The van der Waals surface area contributed by atoms with Gasteiger partial charge < -0.3 is 20.2 Å². The third-order valence-corrected chi connectivity index (χ3v) is 9.69. The monoisotopic (exact) mass is 570 g/mol. The van der Waals surface area contributed by atoms with Gasteiger partial charge in [-0.1, -0.05) is 69.7 Å². The fourth-order valence-corrected chi connectivity index (χ4v) is 7.21. The number of fused-ring (bicyclic) bond motifs is 2. The molecule has 0 spiro atoms. The first kappa shape index (κ1) is 27.5. The summed E-state index contributed by atoms with van der Waals surface area (Å²) in [6.45, 7) is 12.2. The van der Waals surface area contributed by atoms with Crippen LogP contribution in [0, 0.1) is 5.92 Å². The van der Waals surface area contributed by atoms with Crippen LogP contribution in [0.3, 0.4) is 0 Å². The number of aromatic nitrogens is 4. The molecule has 43 heavy (non-hydrogen) atoms. The van der Waals surface area contributed by atoms with Gasteiger partial charge in [0.2, 0.25) is 0 Å². The quantitative estimate of drug-likeness (QED) is 0.165. The molecule has 2 atom stereocenters. The number of rotatable bonds is 9. The van der Waals surface area contributed by atoms with E-state index < -0.39 is 0 Å². The number of likely N-dealkylation sites (tertiary alicyclic amines) is 1. The molecule has 1 saturated carbocycles. The van der Waals surface area contributed by atoms with Crippen molar-refractivity contribution in [1.29, 1.82) is 0 Å². The van der Waals surface area contributed by atoms with E-state index in [1.165, 1.54) is 59.7 Å². The molecule has 2 fully saturated rings. The lowest BCUT2D eigenvalue weighted by atomic mass is 9.82. The number of allylic oxidation sites excluding steroid dienone is 1. The zero-order valence-electron chi connectivity index (χ0n) is 25.2. The van der Waals surface area contributed by atoms with Crippen molar-refractivity contribution >= 4 is 21.8 Å². The van der Waals surface area contributed by atoms with E-state index in [1.807, 2.05) is 6.20 Å². The van der Waals surface area contributed by atoms with Gasteiger partial charge in [-0.3, -0.25) is 0 Å². The van der Waals surface area contributed by atoms with Crippen LogP contribution in [0.5, 0.6) is 0 Å². The second kappa shape index (κ2) is 11.8. The average molecular weight is 571 g/mol. The Morgan fingerprint density at radius 2 is 1.67 bits per heavy atom. The zero-order valence-corrected chi connectivity index (χ0v) is 25.2.